The van der Waals surface area contributed by atoms with Crippen LogP contribution in [0.25, 0.3) is 44.5 Å². The molecule has 7 aromatic rings. The highest BCUT2D eigenvalue weighted by Gasteiger charge is 2.27. The zero-order valence-corrected chi connectivity index (χ0v) is 44.7. The van der Waals surface area contributed by atoms with E-state index in [9.17, 15) is 0 Å². The number of rotatable bonds is 11. The Morgan fingerprint density at radius 2 is 0.887 bits per heavy atom. The van der Waals surface area contributed by atoms with Gasteiger partial charge in [0.1, 0.15) is 0 Å². The zero-order chi connectivity index (χ0) is 49.3. The van der Waals surface area contributed by atoms with E-state index >= 15 is 0 Å². The Labute approximate surface area is 429 Å². The second kappa shape index (κ2) is 20.8. The maximum atomic E-state index is 2.63. The van der Waals surface area contributed by atoms with Crippen LogP contribution >= 0.6 is 0 Å². The smallest absolute Gasteiger partial charge is 0.0496 e. The first kappa shape index (κ1) is 48.9. The van der Waals surface area contributed by atoms with Gasteiger partial charge in [0.25, 0.3) is 0 Å². The minimum atomic E-state index is 0.0547. The van der Waals surface area contributed by atoms with Gasteiger partial charge in [-0.2, -0.15) is 0 Å². The largest absolute Gasteiger partial charge is 0.310 e. The van der Waals surface area contributed by atoms with Crippen LogP contribution < -0.4 is 4.90 Å². The van der Waals surface area contributed by atoms with E-state index in [0.29, 0.717) is 11.8 Å². The number of hydrogen-bond donors (Lipinski definition) is 0. The molecule has 10 rings (SSSR count). The Morgan fingerprint density at radius 1 is 0.394 bits per heavy atom. The first-order valence-corrected chi connectivity index (χ1v) is 28.0. The highest BCUT2D eigenvalue weighted by atomic mass is 15.1. The molecule has 0 heterocycles. The van der Waals surface area contributed by atoms with Crippen LogP contribution in [-0.4, -0.2) is 0 Å². The molecular weight excluding hydrogens is 855 g/mol. The lowest BCUT2D eigenvalue weighted by molar-refractivity contribution is 0.435. The molecule has 1 heteroatoms. The van der Waals surface area contributed by atoms with Crippen molar-refractivity contribution >= 4 is 17.1 Å². The second-order valence-electron chi connectivity index (χ2n) is 23.8. The van der Waals surface area contributed by atoms with Crippen molar-refractivity contribution in [3.05, 3.63) is 184 Å². The monoisotopic (exact) mass is 936 g/mol. The number of hydrogen-bond acceptors (Lipinski definition) is 1. The number of benzene rings is 7. The Morgan fingerprint density at radius 3 is 1.46 bits per heavy atom. The molecule has 0 N–H and O–H groups in total. The number of aryl methyl sites for hydroxylation is 2. The summed E-state index contributed by atoms with van der Waals surface area (Å²) in [4.78, 5) is 2.59. The van der Waals surface area contributed by atoms with Crippen molar-refractivity contribution in [2.75, 3.05) is 4.90 Å². The predicted octanol–water partition coefficient (Wildman–Crippen LogP) is 20.5. The van der Waals surface area contributed by atoms with Gasteiger partial charge in [0, 0.05) is 17.1 Å². The fourth-order valence-electron chi connectivity index (χ4n) is 12.6. The molecule has 0 saturated heterocycles. The standard InChI is InChI=1S/C70H81N/c1-9-48-21-17-18-26-63(48)64-38-37-62(46-49(64)10-2)71(61-35-33-53(34-36-61)58-44-59(69(3,4)5)47-60(45-58)70(6,7)8)68-40-39-65(66-27-19-20-28-67(66)68)54-31-29-52(30-32-54)57-42-55(50-22-13-11-14-23-50)41-56(43-57)51-24-15-12-16-25-51/h17-18,21,26,29-47,50-51H,9-16,19-20,22-25,27-28H2,1-8H3. The van der Waals surface area contributed by atoms with Gasteiger partial charge >= 0.3 is 0 Å². The highest BCUT2D eigenvalue weighted by Crippen LogP contribution is 2.46. The van der Waals surface area contributed by atoms with Crippen molar-refractivity contribution in [2.45, 2.75) is 181 Å². The van der Waals surface area contributed by atoms with E-state index in [1.807, 2.05) is 0 Å². The molecule has 0 amide bonds. The van der Waals surface area contributed by atoms with Gasteiger partial charge in [0.05, 0.1) is 0 Å². The third-order valence-electron chi connectivity index (χ3n) is 17.0. The average Bonchev–Trinajstić information content (AvgIpc) is 3.41. The van der Waals surface area contributed by atoms with Crippen LogP contribution in [0, 0.1) is 0 Å². The summed E-state index contributed by atoms with van der Waals surface area (Å²) < 4.78 is 0. The van der Waals surface area contributed by atoms with Crippen molar-refractivity contribution in [3.63, 3.8) is 0 Å². The molecule has 0 bridgehead atoms. The Hall–Kier alpha value is -5.66. The molecule has 366 valence electrons. The van der Waals surface area contributed by atoms with Crippen molar-refractivity contribution in [1.29, 1.82) is 0 Å². The molecule has 0 aromatic heterocycles. The van der Waals surface area contributed by atoms with Crippen LogP contribution in [-0.2, 0) is 36.5 Å². The van der Waals surface area contributed by atoms with E-state index in [1.165, 1.54) is 172 Å². The van der Waals surface area contributed by atoms with Crippen LogP contribution in [0.2, 0.25) is 0 Å². The van der Waals surface area contributed by atoms with E-state index in [0.717, 1.165) is 25.7 Å². The van der Waals surface area contributed by atoms with Crippen molar-refractivity contribution in [1.82, 2.24) is 0 Å². The number of anilines is 3. The summed E-state index contributed by atoms with van der Waals surface area (Å²) in [7, 11) is 0. The maximum Gasteiger partial charge on any atom is 0.0496 e. The predicted molar refractivity (Wildman–Crippen MR) is 307 cm³/mol. The summed E-state index contributed by atoms with van der Waals surface area (Å²) in [5.74, 6) is 1.42. The van der Waals surface area contributed by atoms with Gasteiger partial charge in [-0.05, 0) is 206 Å². The Kier molecular flexibility index (Phi) is 14.4. The highest BCUT2D eigenvalue weighted by molar-refractivity contribution is 5.86. The van der Waals surface area contributed by atoms with E-state index in [-0.39, 0.29) is 10.8 Å². The topological polar surface area (TPSA) is 3.24 Å². The molecule has 7 aromatic carbocycles. The molecule has 0 unspecified atom stereocenters. The SMILES string of the molecule is CCc1ccccc1-c1ccc(N(c2ccc(-c3cc(C(C)(C)C)cc(C(C)(C)C)c3)cc2)c2ccc(-c3ccc(-c4cc(C5CCCCC5)cc(C5CCCCC5)c4)cc3)c3c2CCCC3)cc1CC. The van der Waals surface area contributed by atoms with Crippen LogP contribution in [0.4, 0.5) is 17.1 Å². The van der Waals surface area contributed by atoms with Gasteiger partial charge in [-0.3, -0.25) is 0 Å². The lowest BCUT2D eigenvalue weighted by Gasteiger charge is -2.32. The van der Waals surface area contributed by atoms with E-state index in [4.69, 9.17) is 0 Å². The lowest BCUT2D eigenvalue weighted by Crippen LogP contribution is -2.17. The van der Waals surface area contributed by atoms with Crippen molar-refractivity contribution < 1.29 is 0 Å². The van der Waals surface area contributed by atoms with Crippen LogP contribution in [0.1, 0.15) is 189 Å². The van der Waals surface area contributed by atoms with Crippen LogP contribution in [0.5, 0.6) is 0 Å². The van der Waals surface area contributed by atoms with E-state index < -0.39 is 0 Å². The van der Waals surface area contributed by atoms with Gasteiger partial charge in [-0.15, -0.1) is 0 Å². The van der Waals surface area contributed by atoms with Crippen molar-refractivity contribution in [3.8, 4) is 44.5 Å². The second-order valence-corrected chi connectivity index (χ2v) is 23.8. The van der Waals surface area contributed by atoms with E-state index in [2.05, 4.69) is 200 Å². The quantitative estimate of drug-likeness (QED) is 0.125. The molecule has 3 aliphatic rings. The van der Waals surface area contributed by atoms with Crippen molar-refractivity contribution in [2.24, 2.45) is 0 Å². The fourth-order valence-corrected chi connectivity index (χ4v) is 12.6. The van der Waals surface area contributed by atoms with Crippen LogP contribution in [0.3, 0.4) is 0 Å². The Bertz CT molecular complexity index is 2890. The molecular formula is C70H81N. The molecule has 71 heavy (non-hydrogen) atoms. The summed E-state index contributed by atoms with van der Waals surface area (Å²) in [6.07, 6.45) is 20.3. The molecule has 0 atom stereocenters. The van der Waals surface area contributed by atoms with Gasteiger partial charge < -0.3 is 4.90 Å². The van der Waals surface area contributed by atoms with Crippen LogP contribution in [0.15, 0.2) is 140 Å². The molecule has 0 spiro atoms. The van der Waals surface area contributed by atoms with Gasteiger partial charge in [-0.1, -0.05) is 203 Å². The fraction of sp³-hybridized carbons (Fsp3) is 0.400. The molecule has 3 aliphatic carbocycles. The summed E-state index contributed by atoms with van der Waals surface area (Å²) in [5.41, 5.74) is 26.4. The van der Waals surface area contributed by atoms with E-state index in [1.54, 1.807) is 11.1 Å². The normalized spacial score (nSPS) is 15.9. The maximum absolute atomic E-state index is 2.63. The van der Waals surface area contributed by atoms with Gasteiger partial charge in [0.2, 0.25) is 0 Å². The molecule has 2 saturated carbocycles. The zero-order valence-electron chi connectivity index (χ0n) is 44.7. The minimum absolute atomic E-state index is 0.0547. The Balaban J connectivity index is 1.06. The summed E-state index contributed by atoms with van der Waals surface area (Å²) in [5, 5.41) is 0. The molecule has 2 fully saturated rings. The molecule has 1 nitrogen and oxygen atoms in total. The average molecular weight is 936 g/mol. The first-order chi connectivity index (χ1) is 34.4. The first-order valence-electron chi connectivity index (χ1n) is 28.0. The minimum Gasteiger partial charge on any atom is -0.310 e. The summed E-state index contributed by atoms with van der Waals surface area (Å²) in [6, 6.07) is 55.5. The summed E-state index contributed by atoms with van der Waals surface area (Å²) >= 11 is 0. The lowest BCUT2D eigenvalue weighted by atomic mass is 9.78. The summed E-state index contributed by atoms with van der Waals surface area (Å²) in [6.45, 7) is 18.6. The number of nitrogens with zero attached hydrogens (tertiary/aromatic N) is 1. The van der Waals surface area contributed by atoms with Gasteiger partial charge in [-0.25, -0.2) is 0 Å². The third kappa shape index (κ3) is 10.5. The molecule has 0 aliphatic heterocycles. The van der Waals surface area contributed by atoms with Gasteiger partial charge in [0.15, 0.2) is 0 Å². The number of fused-ring (bicyclic) bond motifs is 1. The molecule has 0 radical (unpaired) electrons. The third-order valence-corrected chi connectivity index (χ3v) is 17.0.